The van der Waals surface area contributed by atoms with Crippen molar-refractivity contribution >= 4 is 35.5 Å². The van der Waals surface area contributed by atoms with Crippen molar-refractivity contribution in [3.63, 3.8) is 0 Å². The smallest absolute Gasteiger partial charge is 0.247 e. The van der Waals surface area contributed by atoms with Gasteiger partial charge in [0, 0.05) is 25.6 Å². The molecule has 2 heterocycles. The molecule has 0 bridgehead atoms. The molecular formula is C29H44N8O5. The van der Waals surface area contributed by atoms with Gasteiger partial charge in [0.2, 0.25) is 29.5 Å². The first-order valence-corrected chi connectivity index (χ1v) is 14.6. The van der Waals surface area contributed by atoms with E-state index in [-0.39, 0.29) is 31.7 Å². The summed E-state index contributed by atoms with van der Waals surface area (Å²) in [4.78, 5) is 70.8. The number of benzene rings is 1. The first-order chi connectivity index (χ1) is 20.0. The molecule has 5 amide bonds. The molecule has 13 heteroatoms. The molecule has 4 atom stereocenters. The predicted molar refractivity (Wildman–Crippen MR) is 158 cm³/mol. The Morgan fingerprint density at radius 3 is 2.33 bits per heavy atom. The van der Waals surface area contributed by atoms with Crippen molar-refractivity contribution in [2.45, 2.75) is 77.0 Å². The molecule has 2 aliphatic rings. The molecule has 0 radical (unpaired) electrons. The third-order valence-corrected chi connectivity index (χ3v) is 7.33. The monoisotopic (exact) mass is 584 g/mol. The van der Waals surface area contributed by atoms with E-state index in [1.807, 2.05) is 0 Å². The fourth-order valence-electron chi connectivity index (χ4n) is 4.62. The summed E-state index contributed by atoms with van der Waals surface area (Å²) in [5.74, 6) is -2.12. The number of hydrogen-bond donors (Lipinski definition) is 7. The van der Waals surface area contributed by atoms with Gasteiger partial charge in [-0.15, -0.1) is 0 Å². The van der Waals surface area contributed by atoms with Gasteiger partial charge < -0.3 is 37.2 Å². The van der Waals surface area contributed by atoms with Crippen LogP contribution in [0.4, 0.5) is 0 Å². The predicted octanol–water partition coefficient (Wildman–Crippen LogP) is -0.397. The van der Waals surface area contributed by atoms with Gasteiger partial charge in [0.1, 0.15) is 23.7 Å². The maximum absolute atomic E-state index is 13.7. The van der Waals surface area contributed by atoms with Gasteiger partial charge in [-0.25, -0.2) is 0 Å². The Kier molecular flexibility index (Phi) is 11.7. The third kappa shape index (κ3) is 8.92. The Hall–Kier alpha value is -4.16. The van der Waals surface area contributed by atoms with Crippen LogP contribution in [0.5, 0.6) is 0 Å². The highest BCUT2D eigenvalue weighted by Gasteiger charge is 2.38. The van der Waals surface area contributed by atoms with E-state index in [2.05, 4.69) is 42.2 Å². The molecule has 13 nitrogen and oxygen atoms in total. The van der Waals surface area contributed by atoms with E-state index in [1.54, 1.807) is 58.0 Å². The number of carbonyl (C=O) groups excluding carboxylic acids is 5. The van der Waals surface area contributed by atoms with Crippen molar-refractivity contribution in [3.8, 4) is 0 Å². The van der Waals surface area contributed by atoms with Crippen molar-refractivity contribution in [2.75, 3.05) is 26.2 Å². The van der Waals surface area contributed by atoms with Crippen molar-refractivity contribution < 1.29 is 24.0 Å². The lowest BCUT2D eigenvalue weighted by Crippen LogP contribution is -2.63. The van der Waals surface area contributed by atoms with Crippen molar-refractivity contribution in [3.05, 3.63) is 35.9 Å². The lowest BCUT2D eigenvalue weighted by Gasteiger charge is -2.33. The molecule has 7 N–H and O–H groups in total. The maximum atomic E-state index is 13.7. The number of rotatable bonds is 8. The van der Waals surface area contributed by atoms with Crippen LogP contribution in [0.1, 0.15) is 65.0 Å². The number of guanidine groups is 1. The van der Waals surface area contributed by atoms with Gasteiger partial charge in [-0.05, 0) is 38.2 Å². The molecule has 0 saturated carbocycles. The van der Waals surface area contributed by atoms with Crippen LogP contribution in [0.3, 0.4) is 0 Å². The van der Waals surface area contributed by atoms with E-state index in [1.165, 1.54) is 0 Å². The summed E-state index contributed by atoms with van der Waals surface area (Å²) >= 11 is 0. The molecule has 42 heavy (non-hydrogen) atoms. The van der Waals surface area contributed by atoms with Gasteiger partial charge in [0.25, 0.3) is 0 Å². The summed E-state index contributed by atoms with van der Waals surface area (Å²) in [6.45, 7) is 8.75. The minimum atomic E-state index is -1.42. The Labute approximate surface area is 246 Å². The van der Waals surface area contributed by atoms with Crippen molar-refractivity contribution in [1.82, 2.24) is 37.2 Å². The summed E-state index contributed by atoms with van der Waals surface area (Å²) in [7, 11) is 0. The van der Waals surface area contributed by atoms with E-state index in [0.717, 1.165) is 6.54 Å². The molecule has 2 aliphatic heterocycles. The fourth-order valence-corrected chi connectivity index (χ4v) is 4.62. The minimum absolute atomic E-state index is 0.0352. The van der Waals surface area contributed by atoms with Gasteiger partial charge >= 0.3 is 0 Å². The van der Waals surface area contributed by atoms with Gasteiger partial charge in [0.05, 0.1) is 6.54 Å². The van der Waals surface area contributed by atoms with E-state index in [9.17, 15) is 24.0 Å². The lowest BCUT2D eigenvalue weighted by molar-refractivity contribution is -0.138. The van der Waals surface area contributed by atoms with Crippen LogP contribution in [0.15, 0.2) is 35.3 Å². The number of nitrogens with zero attached hydrogens (tertiary/aromatic N) is 1. The molecule has 0 unspecified atom stereocenters. The Balaban J connectivity index is 1.88. The Morgan fingerprint density at radius 2 is 1.69 bits per heavy atom. The minimum Gasteiger partial charge on any atom is -0.356 e. The van der Waals surface area contributed by atoms with Crippen molar-refractivity contribution in [1.29, 1.82) is 0 Å². The summed E-state index contributed by atoms with van der Waals surface area (Å²) in [6, 6.07) is 5.84. The third-order valence-electron chi connectivity index (χ3n) is 7.33. The summed E-state index contributed by atoms with van der Waals surface area (Å²) in [5, 5.41) is 20.2. The van der Waals surface area contributed by atoms with Crippen LogP contribution in [-0.4, -0.2) is 79.3 Å². The van der Waals surface area contributed by atoms with Gasteiger partial charge in [-0.1, -0.05) is 51.1 Å². The number of carbonyl (C=O) groups is 5. The quantitative estimate of drug-likeness (QED) is 0.203. The molecule has 1 aromatic rings. The van der Waals surface area contributed by atoms with E-state index >= 15 is 0 Å². The zero-order valence-electron chi connectivity index (χ0n) is 24.8. The van der Waals surface area contributed by atoms with Crippen LogP contribution in [0.25, 0.3) is 0 Å². The van der Waals surface area contributed by atoms with Gasteiger partial charge in [0.15, 0.2) is 5.96 Å². The van der Waals surface area contributed by atoms with Gasteiger partial charge in [-0.2, -0.15) is 0 Å². The number of aliphatic imine (C=N–C) groups is 1. The number of amides is 5. The van der Waals surface area contributed by atoms with Crippen LogP contribution in [0.2, 0.25) is 0 Å². The molecule has 1 aromatic carbocycles. The Bertz CT molecular complexity index is 1160. The highest BCUT2D eigenvalue weighted by Crippen LogP contribution is 2.17. The molecule has 0 spiro atoms. The molecule has 1 saturated heterocycles. The average molecular weight is 585 g/mol. The first kappa shape index (κ1) is 32.4. The summed E-state index contributed by atoms with van der Waals surface area (Å²) < 4.78 is 0. The fraction of sp³-hybridized carbons (Fsp3) is 0.586. The summed E-state index contributed by atoms with van der Waals surface area (Å²) in [6.07, 6.45) is 1.10. The van der Waals surface area contributed by atoms with Gasteiger partial charge in [-0.3, -0.25) is 29.0 Å². The van der Waals surface area contributed by atoms with Crippen molar-refractivity contribution in [2.24, 2.45) is 10.9 Å². The van der Waals surface area contributed by atoms with Crippen LogP contribution in [0, 0.1) is 5.92 Å². The molecule has 0 aliphatic carbocycles. The topological polar surface area (TPSA) is 182 Å². The summed E-state index contributed by atoms with van der Waals surface area (Å²) in [5.41, 5.74) is -0.856. The highest BCUT2D eigenvalue weighted by molar-refractivity contribution is 5.97. The second kappa shape index (κ2) is 15.2. The van der Waals surface area contributed by atoms with Crippen LogP contribution in [-0.2, 0) is 24.0 Å². The standard InChI is InChI=1S/C29H44N8O5/c1-5-20-24(39)36-22(19-10-7-6-8-11-19)26(41)30-15-13-29(4,37-23(38)18(2)3)27(42)35-21(25(40)34-20)12-9-14-31-28-32-16-17-33-28/h6-8,10-11,18,20-22H,5,9,12-17H2,1-4H3,(H,30,41)(H,34,40)(H,35,42)(H,36,39)(H,37,38)(H2,31,32,33)/t20-,21-,22+,29+/m0/s1. The molecule has 1 fully saturated rings. The van der Waals surface area contributed by atoms with Crippen LogP contribution >= 0.6 is 0 Å². The molecular weight excluding hydrogens is 540 g/mol. The second-order valence-corrected chi connectivity index (χ2v) is 11.1. The highest BCUT2D eigenvalue weighted by atomic mass is 16.2. The maximum Gasteiger partial charge on any atom is 0.247 e. The van der Waals surface area contributed by atoms with Crippen LogP contribution < -0.4 is 37.2 Å². The Morgan fingerprint density at radius 1 is 0.976 bits per heavy atom. The first-order valence-electron chi connectivity index (χ1n) is 14.6. The number of hydrogen-bond acceptors (Lipinski definition) is 8. The zero-order valence-corrected chi connectivity index (χ0v) is 24.8. The average Bonchev–Trinajstić information content (AvgIpc) is 3.49. The molecule has 0 aromatic heterocycles. The number of nitrogens with one attached hydrogen (secondary N) is 7. The lowest BCUT2D eigenvalue weighted by atomic mass is 9.94. The SMILES string of the molecule is CC[C@@H]1NC(=O)[C@H](CCCNC2=NCCN2)NC(=O)[C@](C)(NC(=O)C(C)C)CCNC(=O)[C@@H](c2ccccc2)NC1=O. The largest absolute Gasteiger partial charge is 0.356 e. The molecule has 3 rings (SSSR count). The normalized spacial score (nSPS) is 25.6. The van der Waals surface area contributed by atoms with E-state index in [0.29, 0.717) is 31.0 Å². The molecule has 230 valence electrons. The van der Waals surface area contributed by atoms with E-state index in [4.69, 9.17) is 0 Å². The zero-order chi connectivity index (χ0) is 30.7. The second-order valence-electron chi connectivity index (χ2n) is 11.1. The van der Waals surface area contributed by atoms with E-state index < -0.39 is 53.2 Å².